The molecule has 4 unspecified atom stereocenters. The second-order valence-corrected chi connectivity index (χ2v) is 16.4. The molecular weight excluding hydrogens is 949 g/mol. The number of carboxylic acids is 4. The van der Waals surface area contributed by atoms with Crippen LogP contribution >= 0.6 is 0 Å². The van der Waals surface area contributed by atoms with E-state index in [9.17, 15) is 68.4 Å². The summed E-state index contributed by atoms with van der Waals surface area (Å²) in [6.07, 6.45) is -2.00. The first-order valence-corrected chi connectivity index (χ1v) is 21.6. The van der Waals surface area contributed by atoms with Crippen LogP contribution in [0.2, 0.25) is 0 Å². The molecule has 0 saturated heterocycles. The number of fused-ring (bicyclic) bond motifs is 2. The van der Waals surface area contributed by atoms with Crippen LogP contribution in [0.5, 0.6) is 11.5 Å². The van der Waals surface area contributed by atoms with Gasteiger partial charge in [0.25, 0.3) is 0 Å². The molecule has 0 aliphatic carbocycles. The quantitative estimate of drug-likeness (QED) is 0.0556. The minimum absolute atomic E-state index is 0.114. The molecule has 72 heavy (non-hydrogen) atoms. The van der Waals surface area contributed by atoms with Crippen molar-refractivity contribution in [1.29, 1.82) is 0 Å². The molecular formula is C47H50N8O17. The van der Waals surface area contributed by atoms with Gasteiger partial charge in [0.05, 0.1) is 38.4 Å². The van der Waals surface area contributed by atoms with Gasteiger partial charge in [-0.1, -0.05) is 74.5 Å². The van der Waals surface area contributed by atoms with Crippen LogP contribution in [-0.4, -0.2) is 119 Å². The molecule has 0 aromatic heterocycles. The van der Waals surface area contributed by atoms with Crippen molar-refractivity contribution in [1.82, 2.24) is 21.3 Å². The summed E-state index contributed by atoms with van der Waals surface area (Å²) in [7, 11) is 1.96. The van der Waals surface area contributed by atoms with Gasteiger partial charge in [0.2, 0.25) is 0 Å². The van der Waals surface area contributed by atoms with Gasteiger partial charge >= 0.3 is 59.9 Å². The SMILES string of the molecule is COC(=O)C(CC(=O)O)NC(=O)Nc1cc(NC(=O)NC(Cc2ccccc2)C(=O)O)c2c(c1)C(C)(C)c1cc(NC(=O)NC(CC(=O)O)C(=O)OC)cc(NC(=O)NC(Cc3ccccc3)C(=O)O)c1O2. The Morgan fingerprint density at radius 3 is 1.15 bits per heavy atom. The van der Waals surface area contributed by atoms with Gasteiger partial charge in [-0.2, -0.15) is 0 Å². The number of methoxy groups -OCH3 is 2. The van der Waals surface area contributed by atoms with Crippen molar-refractivity contribution in [2.75, 3.05) is 35.5 Å². The van der Waals surface area contributed by atoms with E-state index in [1.54, 1.807) is 74.5 Å². The fraction of sp³-hybridized carbons (Fsp3) is 0.277. The van der Waals surface area contributed by atoms with Crippen LogP contribution < -0.4 is 47.3 Å². The molecule has 12 N–H and O–H groups in total. The molecule has 5 rings (SSSR count). The molecule has 0 radical (unpaired) electrons. The molecule has 25 heteroatoms. The number of amides is 8. The Hall–Kier alpha value is -9.42. The summed E-state index contributed by atoms with van der Waals surface area (Å²) in [4.78, 5) is 127. The minimum atomic E-state index is -1.65. The molecule has 0 saturated carbocycles. The molecule has 1 heterocycles. The Labute approximate surface area is 409 Å². The van der Waals surface area contributed by atoms with Gasteiger partial charge in [-0.15, -0.1) is 0 Å². The van der Waals surface area contributed by atoms with Crippen molar-refractivity contribution in [2.24, 2.45) is 0 Å². The van der Waals surface area contributed by atoms with Gasteiger partial charge in [-0.3, -0.25) is 9.59 Å². The molecule has 380 valence electrons. The maximum atomic E-state index is 13.8. The van der Waals surface area contributed by atoms with Crippen LogP contribution in [0.3, 0.4) is 0 Å². The summed E-state index contributed by atoms with van der Waals surface area (Å²) in [6, 6.07) is 11.3. The fourth-order valence-electron chi connectivity index (χ4n) is 7.39. The average molecular weight is 999 g/mol. The zero-order valence-corrected chi connectivity index (χ0v) is 38.8. The molecule has 4 atom stereocenters. The number of carbonyl (C=O) groups excluding carboxylic acids is 6. The van der Waals surface area contributed by atoms with Gasteiger partial charge in [-0.25, -0.2) is 38.4 Å². The topological polar surface area (TPSA) is 376 Å². The summed E-state index contributed by atoms with van der Waals surface area (Å²) in [5.41, 5.74) is -0.591. The monoisotopic (exact) mass is 998 g/mol. The molecule has 0 fully saturated rings. The number of esters is 2. The highest BCUT2D eigenvalue weighted by Crippen LogP contribution is 2.55. The number of carboxylic acid groups (broad SMARTS) is 4. The van der Waals surface area contributed by atoms with Gasteiger partial charge in [0.1, 0.15) is 24.2 Å². The van der Waals surface area contributed by atoms with Crippen LogP contribution in [0, 0.1) is 0 Å². The summed E-state index contributed by atoms with van der Waals surface area (Å²) in [5.74, 6) is -8.13. The lowest BCUT2D eigenvalue weighted by atomic mass is 9.75. The van der Waals surface area contributed by atoms with E-state index in [1.807, 2.05) is 0 Å². The maximum absolute atomic E-state index is 13.8. The molecule has 1 aliphatic heterocycles. The van der Waals surface area contributed by atoms with E-state index in [-0.39, 0.29) is 58.2 Å². The van der Waals surface area contributed by atoms with Crippen molar-refractivity contribution < 1.29 is 82.6 Å². The molecule has 4 aromatic rings. The normalized spacial score (nSPS) is 13.4. The van der Waals surface area contributed by atoms with E-state index < -0.39 is 102 Å². The summed E-state index contributed by atoms with van der Waals surface area (Å²) in [6.45, 7) is 3.24. The third-order valence-corrected chi connectivity index (χ3v) is 10.9. The lowest BCUT2D eigenvalue weighted by Crippen LogP contribution is -2.45. The molecule has 4 aromatic carbocycles. The Balaban J connectivity index is 1.61. The summed E-state index contributed by atoms with van der Waals surface area (Å²) >= 11 is 0. The average Bonchev–Trinajstić information content (AvgIpc) is 3.31. The Bertz CT molecular complexity index is 2570. The number of aliphatic carboxylic acids is 4. The number of anilines is 4. The summed E-state index contributed by atoms with van der Waals surface area (Å²) < 4.78 is 15.7. The first kappa shape index (κ1) is 53.5. The van der Waals surface area contributed by atoms with Crippen LogP contribution in [0.15, 0.2) is 84.9 Å². The van der Waals surface area contributed by atoms with E-state index in [4.69, 9.17) is 4.74 Å². The third-order valence-electron chi connectivity index (χ3n) is 10.9. The van der Waals surface area contributed by atoms with Crippen molar-refractivity contribution >= 4 is 82.7 Å². The fourth-order valence-corrected chi connectivity index (χ4v) is 7.39. The molecule has 8 amide bonds. The zero-order chi connectivity index (χ0) is 52.9. The third kappa shape index (κ3) is 14.3. The number of nitrogens with one attached hydrogen (secondary N) is 8. The Morgan fingerprint density at radius 2 is 0.833 bits per heavy atom. The molecule has 25 nitrogen and oxygen atoms in total. The lowest BCUT2D eigenvalue weighted by Gasteiger charge is -2.37. The van der Waals surface area contributed by atoms with Crippen molar-refractivity contribution in [2.45, 2.75) is 69.1 Å². The van der Waals surface area contributed by atoms with Crippen molar-refractivity contribution in [3.8, 4) is 11.5 Å². The number of hydrogen-bond acceptors (Lipinski definition) is 13. The lowest BCUT2D eigenvalue weighted by molar-refractivity contribution is -0.147. The summed E-state index contributed by atoms with van der Waals surface area (Å²) in [5, 5.41) is 58.1. The zero-order valence-electron chi connectivity index (χ0n) is 38.8. The Morgan fingerprint density at radius 1 is 0.500 bits per heavy atom. The van der Waals surface area contributed by atoms with E-state index in [1.165, 1.54) is 24.3 Å². The highest BCUT2D eigenvalue weighted by atomic mass is 16.5. The predicted molar refractivity (Wildman–Crippen MR) is 253 cm³/mol. The minimum Gasteiger partial charge on any atom is -0.481 e. The number of rotatable bonds is 20. The van der Waals surface area contributed by atoms with Gasteiger partial charge in [0, 0.05) is 40.8 Å². The smallest absolute Gasteiger partial charge is 0.329 e. The highest BCUT2D eigenvalue weighted by Gasteiger charge is 2.40. The van der Waals surface area contributed by atoms with Crippen LogP contribution in [-0.2, 0) is 56.5 Å². The number of hydrogen-bond donors (Lipinski definition) is 12. The van der Waals surface area contributed by atoms with Gasteiger partial charge < -0.3 is 77.2 Å². The number of ether oxygens (including phenoxy) is 3. The number of urea groups is 4. The van der Waals surface area contributed by atoms with Crippen molar-refractivity contribution in [3.63, 3.8) is 0 Å². The number of benzene rings is 4. The molecule has 0 bridgehead atoms. The first-order chi connectivity index (χ1) is 34.1. The number of carbonyl (C=O) groups is 10. The van der Waals surface area contributed by atoms with E-state index >= 15 is 0 Å². The van der Waals surface area contributed by atoms with Crippen LogP contribution in [0.25, 0.3) is 0 Å². The second-order valence-electron chi connectivity index (χ2n) is 16.4. The van der Waals surface area contributed by atoms with Gasteiger partial charge in [-0.05, 0) is 35.4 Å². The first-order valence-electron chi connectivity index (χ1n) is 21.6. The van der Waals surface area contributed by atoms with E-state index in [0.29, 0.717) is 11.1 Å². The second kappa shape index (κ2) is 23.7. The maximum Gasteiger partial charge on any atom is 0.329 e. The Kier molecular flexibility index (Phi) is 17.6. The van der Waals surface area contributed by atoms with Gasteiger partial charge in [0.15, 0.2) is 11.5 Å². The van der Waals surface area contributed by atoms with Crippen LogP contribution in [0.1, 0.15) is 48.9 Å². The molecule has 1 aliphatic rings. The highest BCUT2D eigenvalue weighted by molar-refractivity contribution is 6.01. The van der Waals surface area contributed by atoms with E-state index in [0.717, 1.165) is 14.2 Å². The predicted octanol–water partition coefficient (Wildman–Crippen LogP) is 4.03. The van der Waals surface area contributed by atoms with Crippen molar-refractivity contribution in [3.05, 3.63) is 107 Å². The van der Waals surface area contributed by atoms with E-state index in [2.05, 4.69) is 52.0 Å². The van der Waals surface area contributed by atoms with Crippen LogP contribution in [0.4, 0.5) is 41.9 Å². The standard InChI is InChI=1S/C47H50N8O17/c1-47(2)27-17-25(48-43(66)54-33(21-35(56)57)41(64)70-3)19-29(50-45(68)52-31(39(60)61)15-23-11-7-5-8-12-23)37(27)72-38-28(47)18-26(49-44(67)55-34(22-36(58)59)42(65)71-4)20-30(38)51-46(69)53-32(40(62)63)16-24-13-9-6-10-14-24/h5-14,17-20,31-34H,15-16,21-22H2,1-4H3,(H,56,57)(H,58,59)(H,60,61)(H,62,63)(H2,48,54,66)(H2,49,55,67)(H2,50,52,68)(H2,51,53,69). The largest absolute Gasteiger partial charge is 0.481 e. The molecule has 0 spiro atoms.